The second-order valence-corrected chi connectivity index (χ2v) is 10.4. The highest BCUT2D eigenvalue weighted by Gasteiger charge is 2.19. The van der Waals surface area contributed by atoms with Crippen molar-refractivity contribution in [1.29, 1.82) is 0 Å². The first-order chi connectivity index (χ1) is 20.3. The molecule has 2 amide bonds. The van der Waals surface area contributed by atoms with Crippen LogP contribution < -0.4 is 16.2 Å². The van der Waals surface area contributed by atoms with Crippen LogP contribution in [0.5, 0.6) is 5.75 Å². The zero-order valence-electron chi connectivity index (χ0n) is 23.0. The largest absolute Gasteiger partial charge is 0.506 e. The number of aromatic hydroxyl groups is 1. The maximum Gasteiger partial charge on any atom is 0.274 e. The molecule has 0 radical (unpaired) electrons. The molecule has 5 rings (SSSR count). The topological polar surface area (TPSA) is 133 Å². The zero-order chi connectivity index (χ0) is 29.6. The molecule has 0 unspecified atom stereocenters. The van der Waals surface area contributed by atoms with E-state index in [-0.39, 0.29) is 33.9 Å². The van der Waals surface area contributed by atoms with Crippen molar-refractivity contribution < 1.29 is 14.7 Å². The zero-order valence-corrected chi connectivity index (χ0v) is 23.7. The number of rotatable bonds is 8. The summed E-state index contributed by atoms with van der Waals surface area (Å²) in [5.74, 6) is -1.13. The number of anilines is 2. The second-order valence-electron chi connectivity index (χ2n) is 9.97. The van der Waals surface area contributed by atoms with Gasteiger partial charge >= 0.3 is 0 Å². The number of amides is 2. The lowest BCUT2D eigenvalue weighted by Crippen LogP contribution is -2.46. The molecule has 2 aromatic heterocycles. The first-order valence-electron chi connectivity index (χ1n) is 13.4. The van der Waals surface area contributed by atoms with Gasteiger partial charge in [-0.15, -0.1) is 0 Å². The second kappa shape index (κ2) is 12.9. The number of nitrogens with zero attached hydrogens (tertiary/aromatic N) is 5. The summed E-state index contributed by atoms with van der Waals surface area (Å²) in [4.78, 5) is 47.8. The number of benzene rings is 2. The Kier molecular flexibility index (Phi) is 8.91. The molecule has 42 heavy (non-hydrogen) atoms. The number of likely N-dealkylation sites (N-methyl/N-ethyl adjacent to an activating group) is 1. The van der Waals surface area contributed by atoms with E-state index in [9.17, 15) is 19.5 Å². The van der Waals surface area contributed by atoms with E-state index < -0.39 is 11.8 Å². The number of carbonyl (C=O) groups excluding carboxylic acids is 2. The van der Waals surface area contributed by atoms with Crippen LogP contribution in [0.2, 0.25) is 5.02 Å². The molecule has 1 fully saturated rings. The fraction of sp³-hybridized carbons (Fsp3) is 0.233. The summed E-state index contributed by atoms with van der Waals surface area (Å²) < 4.78 is 1.47. The molecular formula is C30H30ClN7O4. The predicted molar refractivity (Wildman–Crippen MR) is 161 cm³/mol. The third kappa shape index (κ3) is 6.82. The number of halogens is 1. The van der Waals surface area contributed by atoms with Crippen LogP contribution in [0.4, 0.5) is 11.5 Å². The van der Waals surface area contributed by atoms with Crippen molar-refractivity contribution in [3.8, 4) is 16.9 Å². The molecule has 1 saturated heterocycles. The molecule has 11 nitrogen and oxygen atoms in total. The summed E-state index contributed by atoms with van der Waals surface area (Å²) in [5, 5.41) is 20.4. The minimum atomic E-state index is -0.576. The molecule has 4 aromatic rings. The lowest BCUT2D eigenvalue weighted by Gasteiger charge is -2.32. The van der Waals surface area contributed by atoms with E-state index in [1.807, 2.05) is 0 Å². The van der Waals surface area contributed by atoms with Gasteiger partial charge in [0.25, 0.3) is 17.4 Å². The van der Waals surface area contributed by atoms with Crippen molar-refractivity contribution in [3.05, 3.63) is 99.6 Å². The van der Waals surface area contributed by atoms with Gasteiger partial charge in [-0.25, -0.2) is 9.67 Å². The summed E-state index contributed by atoms with van der Waals surface area (Å²) >= 11 is 5.85. The Morgan fingerprint density at radius 1 is 0.929 bits per heavy atom. The molecule has 216 valence electrons. The SMILES string of the molecule is CN1CCN(CCn2nccc(-c3ccc(C(=O)Nc4c(O)cccc4C(=O)Nc4ccc(Cl)cn4)cc3)c2=O)CC1. The Bertz CT molecular complexity index is 1630. The number of hydrogen-bond acceptors (Lipinski definition) is 8. The molecule has 12 heteroatoms. The Morgan fingerprint density at radius 2 is 1.69 bits per heavy atom. The van der Waals surface area contributed by atoms with Gasteiger partial charge in [0.1, 0.15) is 11.6 Å². The van der Waals surface area contributed by atoms with Crippen LogP contribution in [0.25, 0.3) is 11.1 Å². The Hall–Kier alpha value is -4.58. The quantitative estimate of drug-likeness (QED) is 0.267. The van der Waals surface area contributed by atoms with E-state index in [0.29, 0.717) is 22.7 Å². The fourth-order valence-electron chi connectivity index (χ4n) is 4.62. The van der Waals surface area contributed by atoms with E-state index >= 15 is 0 Å². The van der Waals surface area contributed by atoms with Gasteiger partial charge in [0.2, 0.25) is 0 Å². The molecule has 0 spiro atoms. The summed E-state index contributed by atoms with van der Waals surface area (Å²) in [6, 6.07) is 15.6. The van der Waals surface area contributed by atoms with Gasteiger partial charge in [-0.3, -0.25) is 19.3 Å². The maximum absolute atomic E-state index is 13.2. The van der Waals surface area contributed by atoms with E-state index in [0.717, 1.165) is 32.7 Å². The number of hydrogen-bond donors (Lipinski definition) is 3. The molecule has 3 heterocycles. The van der Waals surface area contributed by atoms with Crippen LogP contribution in [0.15, 0.2) is 77.9 Å². The highest BCUT2D eigenvalue weighted by atomic mass is 35.5. The number of carbonyl (C=O) groups is 2. The lowest BCUT2D eigenvalue weighted by atomic mass is 10.0. The summed E-state index contributed by atoms with van der Waals surface area (Å²) in [5.41, 5.74) is 1.19. The average Bonchev–Trinajstić information content (AvgIpc) is 2.99. The van der Waals surface area contributed by atoms with E-state index in [4.69, 9.17) is 11.6 Å². The van der Waals surface area contributed by atoms with Crippen LogP contribution in [-0.4, -0.2) is 81.3 Å². The first kappa shape index (κ1) is 28.9. The molecule has 0 bridgehead atoms. The number of para-hydroxylation sites is 1. The van der Waals surface area contributed by atoms with Crippen molar-refractivity contribution in [2.75, 3.05) is 50.4 Å². The molecule has 0 aliphatic carbocycles. The van der Waals surface area contributed by atoms with Gasteiger partial charge in [-0.2, -0.15) is 5.10 Å². The Labute approximate surface area is 247 Å². The molecular weight excluding hydrogens is 558 g/mol. The number of aromatic nitrogens is 3. The fourth-order valence-corrected chi connectivity index (χ4v) is 4.73. The summed E-state index contributed by atoms with van der Waals surface area (Å²) in [7, 11) is 2.10. The van der Waals surface area contributed by atoms with Gasteiger partial charge < -0.3 is 20.6 Å². The lowest BCUT2D eigenvalue weighted by molar-refractivity contribution is 0.102. The predicted octanol–water partition coefficient (Wildman–Crippen LogP) is 3.42. The number of phenolic OH excluding ortho intramolecular Hbond substituents is 1. The highest BCUT2D eigenvalue weighted by molar-refractivity contribution is 6.30. The average molecular weight is 588 g/mol. The van der Waals surface area contributed by atoms with E-state index in [2.05, 4.69) is 37.6 Å². The van der Waals surface area contributed by atoms with Crippen molar-refractivity contribution in [2.45, 2.75) is 6.54 Å². The molecule has 1 aliphatic rings. The first-order valence-corrected chi connectivity index (χ1v) is 13.8. The Balaban J connectivity index is 1.28. The van der Waals surface area contributed by atoms with Gasteiger partial charge in [0, 0.05) is 50.7 Å². The van der Waals surface area contributed by atoms with Crippen molar-refractivity contribution >= 4 is 34.9 Å². The number of nitrogens with one attached hydrogen (secondary N) is 2. The number of pyridine rings is 1. The number of phenols is 1. The molecule has 1 aliphatic heterocycles. The normalized spacial score (nSPS) is 14.0. The molecule has 2 aromatic carbocycles. The monoisotopic (exact) mass is 587 g/mol. The molecule has 0 saturated carbocycles. The van der Waals surface area contributed by atoms with Crippen molar-refractivity contribution in [2.24, 2.45) is 0 Å². The Morgan fingerprint density at radius 3 is 2.40 bits per heavy atom. The maximum atomic E-state index is 13.2. The summed E-state index contributed by atoms with van der Waals surface area (Å²) in [6.45, 7) is 5.15. The van der Waals surface area contributed by atoms with Crippen LogP contribution in [-0.2, 0) is 6.54 Å². The molecule has 0 atom stereocenters. The van der Waals surface area contributed by atoms with Crippen LogP contribution in [0, 0.1) is 0 Å². The van der Waals surface area contributed by atoms with Crippen molar-refractivity contribution in [3.63, 3.8) is 0 Å². The van der Waals surface area contributed by atoms with E-state index in [1.165, 1.54) is 35.1 Å². The van der Waals surface area contributed by atoms with Gasteiger partial charge in [-0.05, 0) is 55.1 Å². The highest BCUT2D eigenvalue weighted by Crippen LogP contribution is 2.29. The minimum absolute atomic E-state index is 0.0459. The minimum Gasteiger partial charge on any atom is -0.506 e. The van der Waals surface area contributed by atoms with Crippen molar-refractivity contribution in [1.82, 2.24) is 24.6 Å². The standard InChI is InChI=1S/C30H30ClN7O4/c1-36-13-15-37(16-14-36)17-18-38-30(42)23(11-12-33-38)20-5-7-21(8-6-20)28(40)35-27-24(3-2-4-25(27)39)29(41)34-26-10-9-22(31)19-32-26/h2-12,19,39H,13-18H2,1H3,(H,35,40)(H,32,34,41). The number of piperazine rings is 1. The summed E-state index contributed by atoms with van der Waals surface area (Å²) in [6.07, 6.45) is 2.99. The van der Waals surface area contributed by atoms with Gasteiger partial charge in [-0.1, -0.05) is 29.8 Å². The molecule has 3 N–H and O–H groups in total. The van der Waals surface area contributed by atoms with Gasteiger partial charge in [0.05, 0.1) is 28.4 Å². The third-order valence-corrected chi connectivity index (χ3v) is 7.31. The van der Waals surface area contributed by atoms with Crippen LogP contribution >= 0.6 is 11.6 Å². The van der Waals surface area contributed by atoms with Crippen LogP contribution in [0.1, 0.15) is 20.7 Å². The van der Waals surface area contributed by atoms with E-state index in [1.54, 1.807) is 42.6 Å². The van der Waals surface area contributed by atoms with Gasteiger partial charge in [0.15, 0.2) is 0 Å². The van der Waals surface area contributed by atoms with Crippen LogP contribution in [0.3, 0.4) is 0 Å². The third-order valence-electron chi connectivity index (χ3n) is 7.09. The smallest absolute Gasteiger partial charge is 0.274 e.